The lowest BCUT2D eigenvalue weighted by atomic mass is 10.00. The zero-order valence-corrected chi connectivity index (χ0v) is 10.5. The van der Waals surface area contributed by atoms with E-state index in [1.54, 1.807) is 6.07 Å². The first-order chi connectivity index (χ1) is 8.66. The molecule has 0 spiro atoms. The monoisotopic (exact) mass is 250 g/mol. The van der Waals surface area contributed by atoms with Gasteiger partial charge in [-0.15, -0.1) is 0 Å². The maximum atomic E-state index is 10.6. The number of nitro groups is 1. The van der Waals surface area contributed by atoms with Crippen molar-refractivity contribution >= 4 is 11.5 Å². The molecule has 1 unspecified atom stereocenters. The SMILES string of the molecule is Cc1cc([N+](=O)[O-])cnc1NCC1CCCNC1. The summed E-state index contributed by atoms with van der Waals surface area (Å²) in [6.45, 7) is 4.82. The van der Waals surface area contributed by atoms with E-state index in [2.05, 4.69) is 15.6 Å². The number of hydrogen-bond donors (Lipinski definition) is 2. The molecular formula is C12H18N4O2. The second-order valence-corrected chi connectivity index (χ2v) is 4.71. The predicted octanol–water partition coefficient (Wildman–Crippen LogP) is 1.71. The fourth-order valence-electron chi connectivity index (χ4n) is 2.18. The molecule has 1 atom stereocenters. The Morgan fingerprint density at radius 3 is 3.11 bits per heavy atom. The van der Waals surface area contributed by atoms with E-state index in [1.807, 2.05) is 6.92 Å². The van der Waals surface area contributed by atoms with E-state index in [1.165, 1.54) is 19.0 Å². The molecule has 1 aliphatic heterocycles. The molecular weight excluding hydrogens is 232 g/mol. The fraction of sp³-hybridized carbons (Fsp3) is 0.583. The summed E-state index contributed by atoms with van der Waals surface area (Å²) in [4.78, 5) is 14.3. The molecule has 0 aliphatic carbocycles. The van der Waals surface area contributed by atoms with Crippen molar-refractivity contribution in [2.24, 2.45) is 5.92 Å². The van der Waals surface area contributed by atoms with Gasteiger partial charge in [0.15, 0.2) is 0 Å². The molecule has 0 saturated carbocycles. The molecule has 6 nitrogen and oxygen atoms in total. The number of rotatable bonds is 4. The minimum Gasteiger partial charge on any atom is -0.370 e. The van der Waals surface area contributed by atoms with Crippen LogP contribution in [0.5, 0.6) is 0 Å². The molecule has 0 radical (unpaired) electrons. The molecule has 1 aromatic rings. The van der Waals surface area contributed by atoms with Crippen LogP contribution in [0.15, 0.2) is 12.3 Å². The number of piperidine rings is 1. The minimum absolute atomic E-state index is 0.0392. The van der Waals surface area contributed by atoms with Crippen LogP contribution in [0.4, 0.5) is 11.5 Å². The first-order valence-corrected chi connectivity index (χ1v) is 6.22. The van der Waals surface area contributed by atoms with Gasteiger partial charge in [0, 0.05) is 12.6 Å². The molecule has 2 heterocycles. The van der Waals surface area contributed by atoms with Crippen molar-refractivity contribution in [1.82, 2.24) is 10.3 Å². The largest absolute Gasteiger partial charge is 0.370 e. The molecule has 1 saturated heterocycles. The number of aryl methyl sites for hydroxylation is 1. The standard InChI is InChI=1S/C12H18N4O2/c1-9-5-11(16(17)18)8-15-12(9)14-7-10-3-2-4-13-6-10/h5,8,10,13H,2-4,6-7H2,1H3,(H,14,15). The van der Waals surface area contributed by atoms with E-state index in [0.717, 1.165) is 31.0 Å². The summed E-state index contributed by atoms with van der Waals surface area (Å²) in [5.74, 6) is 1.35. The van der Waals surface area contributed by atoms with Crippen LogP contribution >= 0.6 is 0 Å². The fourth-order valence-corrected chi connectivity index (χ4v) is 2.18. The van der Waals surface area contributed by atoms with Gasteiger partial charge in [0.05, 0.1) is 4.92 Å². The maximum absolute atomic E-state index is 10.6. The number of nitrogens with zero attached hydrogens (tertiary/aromatic N) is 2. The van der Waals surface area contributed by atoms with Gasteiger partial charge in [0.25, 0.3) is 5.69 Å². The number of aromatic nitrogens is 1. The normalized spacial score (nSPS) is 19.5. The van der Waals surface area contributed by atoms with Crippen LogP contribution in [0.3, 0.4) is 0 Å². The first kappa shape index (κ1) is 12.8. The molecule has 6 heteroatoms. The molecule has 18 heavy (non-hydrogen) atoms. The molecule has 1 aromatic heterocycles. The van der Waals surface area contributed by atoms with Crippen LogP contribution in [0.25, 0.3) is 0 Å². The van der Waals surface area contributed by atoms with Gasteiger partial charge in [-0.2, -0.15) is 0 Å². The van der Waals surface area contributed by atoms with Crippen molar-refractivity contribution in [3.8, 4) is 0 Å². The van der Waals surface area contributed by atoms with Crippen LogP contribution in [0.1, 0.15) is 18.4 Å². The lowest BCUT2D eigenvalue weighted by Crippen LogP contribution is -2.33. The third-order valence-corrected chi connectivity index (χ3v) is 3.23. The summed E-state index contributed by atoms with van der Waals surface area (Å²) in [5, 5.41) is 17.2. The Labute approximate surface area is 106 Å². The predicted molar refractivity (Wildman–Crippen MR) is 69.7 cm³/mol. The van der Waals surface area contributed by atoms with E-state index in [9.17, 15) is 10.1 Å². The maximum Gasteiger partial charge on any atom is 0.287 e. The van der Waals surface area contributed by atoms with E-state index >= 15 is 0 Å². The van der Waals surface area contributed by atoms with E-state index in [0.29, 0.717) is 5.92 Å². The lowest BCUT2D eigenvalue weighted by molar-refractivity contribution is -0.385. The number of pyridine rings is 1. The van der Waals surface area contributed by atoms with Gasteiger partial charge in [-0.1, -0.05) is 0 Å². The highest BCUT2D eigenvalue weighted by atomic mass is 16.6. The quantitative estimate of drug-likeness (QED) is 0.628. The number of nitrogens with one attached hydrogen (secondary N) is 2. The Kier molecular flexibility index (Phi) is 4.09. The van der Waals surface area contributed by atoms with E-state index in [4.69, 9.17) is 0 Å². The highest BCUT2D eigenvalue weighted by Crippen LogP contribution is 2.19. The molecule has 2 N–H and O–H groups in total. The van der Waals surface area contributed by atoms with Gasteiger partial charge >= 0.3 is 0 Å². The molecule has 0 bridgehead atoms. The van der Waals surface area contributed by atoms with Crippen molar-refractivity contribution < 1.29 is 4.92 Å². The number of anilines is 1. The highest BCUT2D eigenvalue weighted by Gasteiger charge is 2.14. The third kappa shape index (κ3) is 3.16. The summed E-state index contributed by atoms with van der Waals surface area (Å²) < 4.78 is 0. The smallest absolute Gasteiger partial charge is 0.287 e. The molecule has 1 aliphatic rings. The van der Waals surface area contributed by atoms with Gasteiger partial charge < -0.3 is 10.6 Å². The zero-order valence-electron chi connectivity index (χ0n) is 10.5. The van der Waals surface area contributed by atoms with Gasteiger partial charge in [-0.25, -0.2) is 4.98 Å². The molecule has 2 rings (SSSR count). The number of hydrogen-bond acceptors (Lipinski definition) is 5. The minimum atomic E-state index is -0.422. The Morgan fingerprint density at radius 2 is 2.50 bits per heavy atom. The summed E-state index contributed by atoms with van der Waals surface area (Å²) in [6, 6.07) is 1.55. The average Bonchev–Trinajstić information content (AvgIpc) is 2.38. The highest BCUT2D eigenvalue weighted by molar-refractivity contribution is 5.48. The lowest BCUT2D eigenvalue weighted by Gasteiger charge is -2.23. The van der Waals surface area contributed by atoms with Crippen LogP contribution in [0, 0.1) is 23.0 Å². The Bertz CT molecular complexity index is 430. The molecule has 0 aromatic carbocycles. The third-order valence-electron chi connectivity index (χ3n) is 3.23. The molecule has 0 amide bonds. The second kappa shape index (κ2) is 5.77. The summed E-state index contributed by atoms with van der Waals surface area (Å²) in [5.41, 5.74) is 0.852. The van der Waals surface area contributed by atoms with Crippen LogP contribution in [0.2, 0.25) is 0 Å². The van der Waals surface area contributed by atoms with Crippen LogP contribution in [-0.4, -0.2) is 29.5 Å². The first-order valence-electron chi connectivity index (χ1n) is 6.22. The van der Waals surface area contributed by atoms with Gasteiger partial charge in [-0.05, 0) is 44.3 Å². The van der Waals surface area contributed by atoms with Crippen molar-refractivity contribution in [2.75, 3.05) is 25.0 Å². The second-order valence-electron chi connectivity index (χ2n) is 4.71. The van der Waals surface area contributed by atoms with Crippen molar-refractivity contribution in [2.45, 2.75) is 19.8 Å². The Morgan fingerprint density at radius 1 is 1.67 bits per heavy atom. The average molecular weight is 250 g/mol. The Hall–Kier alpha value is -1.69. The van der Waals surface area contributed by atoms with Gasteiger partial charge in [0.2, 0.25) is 0 Å². The van der Waals surface area contributed by atoms with E-state index in [-0.39, 0.29) is 5.69 Å². The van der Waals surface area contributed by atoms with Crippen LogP contribution < -0.4 is 10.6 Å². The van der Waals surface area contributed by atoms with E-state index < -0.39 is 4.92 Å². The van der Waals surface area contributed by atoms with Gasteiger partial charge in [0.1, 0.15) is 12.0 Å². The summed E-state index contributed by atoms with van der Waals surface area (Å²) in [7, 11) is 0. The van der Waals surface area contributed by atoms with Crippen molar-refractivity contribution in [3.63, 3.8) is 0 Å². The summed E-state index contributed by atoms with van der Waals surface area (Å²) >= 11 is 0. The zero-order chi connectivity index (χ0) is 13.0. The van der Waals surface area contributed by atoms with Crippen molar-refractivity contribution in [1.29, 1.82) is 0 Å². The molecule has 1 fully saturated rings. The van der Waals surface area contributed by atoms with Crippen LogP contribution in [-0.2, 0) is 0 Å². The van der Waals surface area contributed by atoms with Crippen molar-refractivity contribution in [3.05, 3.63) is 27.9 Å². The Balaban J connectivity index is 1.94. The topological polar surface area (TPSA) is 80.1 Å². The molecule has 98 valence electrons. The summed E-state index contributed by atoms with van der Waals surface area (Å²) in [6.07, 6.45) is 3.72. The van der Waals surface area contributed by atoms with Gasteiger partial charge in [-0.3, -0.25) is 10.1 Å².